The van der Waals surface area contributed by atoms with E-state index in [1.807, 2.05) is 20.0 Å². The van der Waals surface area contributed by atoms with E-state index in [0.29, 0.717) is 18.6 Å². The largest absolute Gasteiger partial charge is 0.351 e. The molecule has 2 unspecified atom stereocenters. The number of aromatic nitrogens is 1. The monoisotopic (exact) mass is 262 g/mol. The standard InChI is InChI=1S/C16H26N2O/c1-11-7-6-8-12(2)18(11)10-16(19)15-9-13(3)17(5)14(15)4/h9,11-12H,6-8,10H2,1-5H3. The van der Waals surface area contributed by atoms with Gasteiger partial charge in [-0.2, -0.15) is 0 Å². The average molecular weight is 262 g/mol. The van der Waals surface area contributed by atoms with E-state index in [2.05, 4.69) is 30.2 Å². The highest BCUT2D eigenvalue weighted by Crippen LogP contribution is 2.23. The average Bonchev–Trinajstić information content (AvgIpc) is 2.62. The van der Waals surface area contributed by atoms with Gasteiger partial charge in [-0.25, -0.2) is 0 Å². The molecule has 1 fully saturated rings. The van der Waals surface area contributed by atoms with E-state index >= 15 is 0 Å². The quantitative estimate of drug-likeness (QED) is 0.782. The summed E-state index contributed by atoms with van der Waals surface area (Å²) in [5, 5.41) is 0. The van der Waals surface area contributed by atoms with E-state index in [1.165, 1.54) is 19.3 Å². The summed E-state index contributed by atoms with van der Waals surface area (Å²) in [6.45, 7) is 9.13. The van der Waals surface area contributed by atoms with Gasteiger partial charge >= 0.3 is 0 Å². The summed E-state index contributed by atoms with van der Waals surface area (Å²) >= 11 is 0. The van der Waals surface area contributed by atoms with Gasteiger partial charge in [0.25, 0.3) is 0 Å². The molecule has 1 aromatic rings. The van der Waals surface area contributed by atoms with Crippen LogP contribution < -0.4 is 0 Å². The third-order valence-corrected chi connectivity index (χ3v) is 4.78. The Morgan fingerprint density at radius 3 is 2.32 bits per heavy atom. The summed E-state index contributed by atoms with van der Waals surface area (Å²) in [4.78, 5) is 14.9. The number of aryl methyl sites for hydroxylation is 1. The molecule has 19 heavy (non-hydrogen) atoms. The lowest BCUT2D eigenvalue weighted by atomic mass is 9.96. The van der Waals surface area contributed by atoms with Crippen LogP contribution in [0.5, 0.6) is 0 Å². The first-order chi connectivity index (χ1) is 8.91. The van der Waals surface area contributed by atoms with E-state index in [1.54, 1.807) is 0 Å². The number of ketones is 1. The van der Waals surface area contributed by atoms with E-state index in [-0.39, 0.29) is 5.78 Å². The molecule has 3 heteroatoms. The summed E-state index contributed by atoms with van der Waals surface area (Å²) in [7, 11) is 2.02. The molecule has 3 nitrogen and oxygen atoms in total. The van der Waals surface area contributed by atoms with Crippen molar-refractivity contribution in [3.8, 4) is 0 Å². The zero-order valence-corrected chi connectivity index (χ0v) is 12.9. The molecule has 1 aliphatic heterocycles. The van der Waals surface area contributed by atoms with Crippen LogP contribution in [-0.4, -0.2) is 33.9 Å². The highest BCUT2D eigenvalue weighted by Gasteiger charge is 2.27. The number of carbonyl (C=O) groups is 1. The fourth-order valence-electron chi connectivity index (χ4n) is 3.18. The van der Waals surface area contributed by atoms with Crippen molar-refractivity contribution >= 4 is 5.78 Å². The van der Waals surface area contributed by atoms with Crippen LogP contribution in [0.3, 0.4) is 0 Å². The zero-order valence-electron chi connectivity index (χ0n) is 12.9. The Morgan fingerprint density at radius 2 is 1.84 bits per heavy atom. The number of nitrogens with zero attached hydrogens (tertiary/aromatic N) is 2. The fourth-order valence-corrected chi connectivity index (χ4v) is 3.18. The number of rotatable bonds is 3. The first kappa shape index (κ1) is 14.3. The fraction of sp³-hybridized carbons (Fsp3) is 0.688. The van der Waals surface area contributed by atoms with Gasteiger partial charge in [-0.3, -0.25) is 9.69 Å². The van der Waals surface area contributed by atoms with Crippen LogP contribution >= 0.6 is 0 Å². The van der Waals surface area contributed by atoms with Crippen LogP contribution in [0.4, 0.5) is 0 Å². The summed E-state index contributed by atoms with van der Waals surface area (Å²) in [6.07, 6.45) is 3.71. The Bertz CT molecular complexity index is 465. The smallest absolute Gasteiger partial charge is 0.178 e. The second kappa shape index (κ2) is 5.49. The molecule has 0 aromatic carbocycles. The molecule has 1 aliphatic rings. The van der Waals surface area contributed by atoms with Crippen LogP contribution in [0.25, 0.3) is 0 Å². The van der Waals surface area contributed by atoms with Crippen LogP contribution in [0.1, 0.15) is 54.9 Å². The van der Waals surface area contributed by atoms with Crippen molar-refractivity contribution in [1.82, 2.24) is 9.47 Å². The number of carbonyl (C=O) groups excluding carboxylic acids is 1. The molecule has 0 bridgehead atoms. The van der Waals surface area contributed by atoms with E-state index in [0.717, 1.165) is 17.0 Å². The Hall–Kier alpha value is -1.09. The first-order valence-corrected chi connectivity index (χ1v) is 7.33. The van der Waals surface area contributed by atoms with E-state index < -0.39 is 0 Å². The van der Waals surface area contributed by atoms with Crippen molar-refractivity contribution in [3.63, 3.8) is 0 Å². The highest BCUT2D eigenvalue weighted by atomic mass is 16.1. The number of hydrogen-bond donors (Lipinski definition) is 0. The topological polar surface area (TPSA) is 25.2 Å². The maximum atomic E-state index is 12.5. The predicted molar refractivity (Wildman–Crippen MR) is 78.7 cm³/mol. The molecule has 0 N–H and O–H groups in total. The predicted octanol–water partition coefficient (Wildman–Crippen LogP) is 3.09. The molecule has 1 saturated heterocycles. The molecule has 0 spiro atoms. The third-order valence-electron chi connectivity index (χ3n) is 4.78. The minimum atomic E-state index is 0.266. The minimum absolute atomic E-state index is 0.266. The molecule has 0 amide bonds. The van der Waals surface area contributed by atoms with Crippen molar-refractivity contribution in [2.24, 2.45) is 7.05 Å². The van der Waals surface area contributed by atoms with Crippen molar-refractivity contribution in [2.75, 3.05) is 6.54 Å². The third kappa shape index (κ3) is 2.76. The van der Waals surface area contributed by atoms with Gasteiger partial charge in [0, 0.05) is 36.1 Å². The summed E-state index contributed by atoms with van der Waals surface area (Å²) in [5.74, 6) is 0.266. The van der Waals surface area contributed by atoms with Gasteiger partial charge in [-0.05, 0) is 46.6 Å². The van der Waals surface area contributed by atoms with E-state index in [9.17, 15) is 4.79 Å². The van der Waals surface area contributed by atoms with Crippen LogP contribution in [0.15, 0.2) is 6.07 Å². The summed E-state index contributed by atoms with van der Waals surface area (Å²) < 4.78 is 2.09. The molecule has 0 aliphatic carbocycles. The van der Waals surface area contributed by atoms with Crippen molar-refractivity contribution in [1.29, 1.82) is 0 Å². The molecule has 2 atom stereocenters. The minimum Gasteiger partial charge on any atom is -0.351 e. The number of piperidine rings is 1. The molecule has 0 radical (unpaired) electrons. The Labute approximate surface area is 116 Å². The molecule has 0 saturated carbocycles. The lowest BCUT2D eigenvalue weighted by Crippen LogP contribution is -2.46. The zero-order chi connectivity index (χ0) is 14.2. The van der Waals surface area contributed by atoms with Gasteiger partial charge in [-0.1, -0.05) is 6.42 Å². The molecular formula is C16H26N2O. The normalized spacial score (nSPS) is 24.7. The van der Waals surface area contributed by atoms with Crippen molar-refractivity contribution in [2.45, 2.75) is 59.0 Å². The van der Waals surface area contributed by atoms with Crippen molar-refractivity contribution in [3.05, 3.63) is 23.0 Å². The molecule has 2 rings (SSSR count). The van der Waals surface area contributed by atoms with Crippen molar-refractivity contribution < 1.29 is 4.79 Å². The molecular weight excluding hydrogens is 236 g/mol. The molecule has 1 aromatic heterocycles. The van der Waals surface area contributed by atoms with Gasteiger partial charge in [0.05, 0.1) is 6.54 Å². The molecule has 2 heterocycles. The van der Waals surface area contributed by atoms with Crippen LogP contribution in [-0.2, 0) is 7.05 Å². The van der Waals surface area contributed by atoms with Crippen LogP contribution in [0.2, 0.25) is 0 Å². The van der Waals surface area contributed by atoms with Gasteiger partial charge in [-0.15, -0.1) is 0 Å². The number of Topliss-reactive ketones (excluding diaryl/α,β-unsaturated/α-hetero) is 1. The van der Waals surface area contributed by atoms with Gasteiger partial charge in [0.15, 0.2) is 5.78 Å². The van der Waals surface area contributed by atoms with Gasteiger partial charge in [0.1, 0.15) is 0 Å². The van der Waals surface area contributed by atoms with E-state index in [4.69, 9.17) is 0 Å². The number of hydrogen-bond acceptors (Lipinski definition) is 2. The molecule has 106 valence electrons. The maximum absolute atomic E-state index is 12.5. The Balaban J connectivity index is 2.14. The van der Waals surface area contributed by atoms with Gasteiger partial charge in [0.2, 0.25) is 0 Å². The Kier molecular flexibility index (Phi) is 4.14. The lowest BCUT2D eigenvalue weighted by molar-refractivity contribution is 0.0733. The van der Waals surface area contributed by atoms with Crippen LogP contribution in [0, 0.1) is 13.8 Å². The first-order valence-electron chi connectivity index (χ1n) is 7.33. The van der Waals surface area contributed by atoms with Gasteiger partial charge < -0.3 is 4.57 Å². The highest BCUT2D eigenvalue weighted by molar-refractivity contribution is 5.99. The summed E-state index contributed by atoms with van der Waals surface area (Å²) in [5.41, 5.74) is 3.13. The second-order valence-corrected chi connectivity index (χ2v) is 6.07. The maximum Gasteiger partial charge on any atom is 0.178 e. The lowest BCUT2D eigenvalue weighted by Gasteiger charge is -2.38. The SMILES string of the molecule is Cc1cc(C(=O)CN2C(C)CCCC2C)c(C)n1C. The Morgan fingerprint density at radius 1 is 1.26 bits per heavy atom. The summed E-state index contributed by atoms with van der Waals surface area (Å²) in [6, 6.07) is 3.08. The number of likely N-dealkylation sites (tertiary alicyclic amines) is 1. The second-order valence-electron chi connectivity index (χ2n) is 6.07.